The van der Waals surface area contributed by atoms with E-state index in [-0.39, 0.29) is 12.1 Å². The lowest BCUT2D eigenvalue weighted by atomic mass is 9.94. The van der Waals surface area contributed by atoms with Crippen LogP contribution >= 0.6 is 0 Å². The van der Waals surface area contributed by atoms with Crippen molar-refractivity contribution in [2.75, 3.05) is 42.6 Å². The zero-order valence-electron chi connectivity index (χ0n) is 22.7. The second-order valence-electron chi connectivity index (χ2n) is 11.1. The summed E-state index contributed by atoms with van der Waals surface area (Å²) in [5.74, 6) is 0.289. The molecule has 0 radical (unpaired) electrons. The van der Waals surface area contributed by atoms with Gasteiger partial charge in [0, 0.05) is 32.1 Å². The molecule has 5 rings (SSSR count). The first-order valence-electron chi connectivity index (χ1n) is 13.3. The molecular formula is C26H33F2N9O3. The molecule has 0 bridgehead atoms. The molecule has 12 nitrogen and oxygen atoms in total. The van der Waals surface area contributed by atoms with Crippen molar-refractivity contribution >= 4 is 18.0 Å². The monoisotopic (exact) mass is 557 g/mol. The second-order valence-corrected chi connectivity index (χ2v) is 11.1. The van der Waals surface area contributed by atoms with Crippen molar-refractivity contribution in [3.63, 3.8) is 0 Å². The Morgan fingerprint density at radius 1 is 1.10 bits per heavy atom. The lowest BCUT2D eigenvalue weighted by molar-refractivity contribution is 0.0504. The van der Waals surface area contributed by atoms with Crippen LogP contribution in [0.1, 0.15) is 45.1 Å². The molecule has 0 unspecified atom stereocenters. The maximum absolute atomic E-state index is 14.7. The number of carbonyl (C=O) groups excluding carboxylic acids is 1. The van der Waals surface area contributed by atoms with Gasteiger partial charge in [-0.2, -0.15) is 5.21 Å². The lowest BCUT2D eigenvalue weighted by Gasteiger charge is -2.30. The number of aromatic nitrogens is 6. The first-order valence-corrected chi connectivity index (χ1v) is 13.3. The Hall–Kier alpha value is -4.10. The molecule has 1 amide bonds. The SMILES string of the molecule is CC(C)(C)OC(=O)N[C@H]1CN(c2ncc(OCC3CCN(c4nn[nH]n4)CC3)cn2)C[C@@H]1c1cc(F)ccc1F. The maximum atomic E-state index is 14.7. The van der Waals surface area contributed by atoms with Crippen LogP contribution in [0.3, 0.4) is 0 Å². The summed E-state index contributed by atoms with van der Waals surface area (Å²) in [5.41, 5.74) is -0.527. The van der Waals surface area contributed by atoms with E-state index in [2.05, 4.69) is 40.8 Å². The van der Waals surface area contributed by atoms with Gasteiger partial charge >= 0.3 is 6.09 Å². The highest BCUT2D eigenvalue weighted by molar-refractivity contribution is 5.68. The lowest BCUT2D eigenvalue weighted by Crippen LogP contribution is -2.43. The fourth-order valence-corrected chi connectivity index (χ4v) is 5.04. The van der Waals surface area contributed by atoms with E-state index in [1.54, 1.807) is 33.2 Å². The van der Waals surface area contributed by atoms with Crippen LogP contribution in [0, 0.1) is 17.6 Å². The average Bonchev–Trinajstić information content (AvgIpc) is 3.59. The van der Waals surface area contributed by atoms with Crippen molar-refractivity contribution < 1.29 is 23.0 Å². The minimum atomic E-state index is -0.702. The number of rotatable bonds is 7. The quantitative estimate of drug-likeness (QED) is 0.446. The van der Waals surface area contributed by atoms with Gasteiger partial charge in [-0.25, -0.2) is 23.5 Å². The maximum Gasteiger partial charge on any atom is 0.407 e. The predicted molar refractivity (Wildman–Crippen MR) is 141 cm³/mol. The first-order chi connectivity index (χ1) is 19.1. The fourth-order valence-electron chi connectivity index (χ4n) is 5.04. The van der Waals surface area contributed by atoms with Gasteiger partial charge in [0.2, 0.25) is 5.95 Å². The number of hydrogen-bond donors (Lipinski definition) is 2. The average molecular weight is 558 g/mol. The number of alkyl carbamates (subject to hydrolysis) is 1. The number of amides is 1. The molecule has 40 heavy (non-hydrogen) atoms. The van der Waals surface area contributed by atoms with Gasteiger partial charge in [-0.15, -0.1) is 5.10 Å². The van der Waals surface area contributed by atoms with Crippen molar-refractivity contribution in [2.24, 2.45) is 5.92 Å². The van der Waals surface area contributed by atoms with Crippen LogP contribution in [0.15, 0.2) is 30.6 Å². The number of benzene rings is 1. The largest absolute Gasteiger partial charge is 0.490 e. The minimum Gasteiger partial charge on any atom is -0.490 e. The molecule has 2 aliphatic heterocycles. The highest BCUT2D eigenvalue weighted by atomic mass is 19.1. The Labute approximate surface area is 230 Å². The number of anilines is 2. The number of hydrogen-bond acceptors (Lipinski definition) is 10. The number of piperidine rings is 1. The van der Waals surface area contributed by atoms with E-state index in [1.807, 2.05) is 4.90 Å². The molecule has 1 aromatic carbocycles. The number of nitrogens with zero attached hydrogens (tertiary/aromatic N) is 7. The molecule has 3 aromatic rings. The molecule has 2 N–H and O–H groups in total. The van der Waals surface area contributed by atoms with E-state index in [9.17, 15) is 13.6 Å². The van der Waals surface area contributed by atoms with E-state index < -0.39 is 35.3 Å². The Kier molecular flexibility index (Phi) is 7.94. The molecule has 4 heterocycles. The van der Waals surface area contributed by atoms with Gasteiger partial charge in [-0.3, -0.25) is 0 Å². The van der Waals surface area contributed by atoms with Gasteiger partial charge in [0.25, 0.3) is 5.95 Å². The van der Waals surface area contributed by atoms with Crippen molar-refractivity contribution in [1.29, 1.82) is 0 Å². The van der Waals surface area contributed by atoms with Gasteiger partial charge in [0.05, 0.1) is 25.0 Å². The molecule has 0 saturated carbocycles. The number of aromatic amines is 1. The molecule has 0 spiro atoms. The third-order valence-electron chi connectivity index (χ3n) is 6.99. The van der Waals surface area contributed by atoms with E-state index in [0.29, 0.717) is 36.7 Å². The summed E-state index contributed by atoms with van der Waals surface area (Å²) in [6.45, 7) is 8.02. The molecule has 14 heteroatoms. The van der Waals surface area contributed by atoms with Crippen molar-refractivity contribution in [3.8, 4) is 5.75 Å². The number of ether oxygens (including phenoxy) is 2. The van der Waals surface area contributed by atoms with Crippen molar-refractivity contribution in [1.82, 2.24) is 35.9 Å². The van der Waals surface area contributed by atoms with Gasteiger partial charge < -0.3 is 24.6 Å². The summed E-state index contributed by atoms with van der Waals surface area (Å²) >= 11 is 0. The normalized spacial score (nSPS) is 20.0. The molecule has 2 aliphatic rings. The molecule has 2 atom stereocenters. The zero-order valence-corrected chi connectivity index (χ0v) is 22.7. The standard InChI is InChI=1S/C26H33F2N9O3/c1-26(2,3)40-25(38)31-22-14-37(13-20(22)19-10-17(27)4-5-21(19)28)23-29-11-18(12-30-23)39-15-16-6-8-36(9-7-16)24-32-34-35-33-24/h4-5,10-12,16,20,22H,6-9,13-15H2,1-3H3,(H,31,38)(H,32,33,34,35)/t20-,22+/m1/s1. The van der Waals surface area contributed by atoms with E-state index >= 15 is 0 Å². The number of halogens is 2. The summed E-state index contributed by atoms with van der Waals surface area (Å²) in [5, 5.41) is 17.0. The van der Waals surface area contributed by atoms with Crippen molar-refractivity contribution in [2.45, 2.75) is 51.2 Å². The van der Waals surface area contributed by atoms with Crippen LogP contribution in [0.25, 0.3) is 0 Å². The van der Waals surface area contributed by atoms with Crippen LogP contribution in [-0.2, 0) is 4.74 Å². The molecule has 2 saturated heterocycles. The van der Waals surface area contributed by atoms with E-state index in [0.717, 1.165) is 44.1 Å². The molecule has 2 aromatic heterocycles. The van der Waals surface area contributed by atoms with E-state index in [1.165, 1.54) is 0 Å². The number of carbonyl (C=O) groups is 1. The topological polar surface area (TPSA) is 134 Å². The number of tetrazole rings is 1. The fraction of sp³-hybridized carbons (Fsp3) is 0.538. The van der Waals surface area contributed by atoms with E-state index in [4.69, 9.17) is 9.47 Å². The molecule has 214 valence electrons. The predicted octanol–water partition coefficient (Wildman–Crippen LogP) is 3.06. The third kappa shape index (κ3) is 6.72. The molecule has 0 aliphatic carbocycles. The van der Waals surface area contributed by atoms with Gasteiger partial charge in [0.1, 0.15) is 17.2 Å². The summed E-state index contributed by atoms with van der Waals surface area (Å²) in [6.07, 6.45) is 4.44. The summed E-state index contributed by atoms with van der Waals surface area (Å²) in [4.78, 5) is 25.4. The zero-order chi connectivity index (χ0) is 28.3. The van der Waals surface area contributed by atoms with Gasteiger partial charge in [0.15, 0.2) is 5.75 Å². The Bertz CT molecular complexity index is 1280. The highest BCUT2D eigenvalue weighted by Crippen LogP contribution is 2.32. The van der Waals surface area contributed by atoms with Crippen LogP contribution in [0.2, 0.25) is 0 Å². The molecule has 2 fully saturated rings. The number of nitrogens with one attached hydrogen (secondary N) is 2. The Morgan fingerprint density at radius 2 is 1.85 bits per heavy atom. The summed E-state index contributed by atoms with van der Waals surface area (Å²) in [6, 6.07) is 2.78. The van der Waals surface area contributed by atoms with Crippen molar-refractivity contribution in [3.05, 3.63) is 47.8 Å². The third-order valence-corrected chi connectivity index (χ3v) is 6.99. The summed E-state index contributed by atoms with van der Waals surface area (Å²) in [7, 11) is 0. The van der Waals surface area contributed by atoms with Crippen LogP contribution in [0.4, 0.5) is 25.5 Å². The first kappa shape index (κ1) is 27.5. The summed E-state index contributed by atoms with van der Waals surface area (Å²) < 4.78 is 40.1. The second kappa shape index (κ2) is 11.6. The van der Waals surface area contributed by atoms with Gasteiger partial charge in [-0.05, 0) is 68.5 Å². The van der Waals surface area contributed by atoms with Crippen LogP contribution < -0.4 is 19.9 Å². The number of H-pyrrole nitrogens is 1. The Morgan fingerprint density at radius 3 is 2.52 bits per heavy atom. The van der Waals surface area contributed by atoms with Gasteiger partial charge in [-0.1, -0.05) is 5.10 Å². The minimum absolute atomic E-state index is 0.175. The molecular weight excluding hydrogens is 524 g/mol. The highest BCUT2D eigenvalue weighted by Gasteiger charge is 2.38. The van der Waals surface area contributed by atoms with Crippen LogP contribution in [-0.4, -0.2) is 81.1 Å². The smallest absolute Gasteiger partial charge is 0.407 e. The Balaban J connectivity index is 1.21. The van der Waals surface area contributed by atoms with Crippen LogP contribution in [0.5, 0.6) is 5.75 Å².